The van der Waals surface area contributed by atoms with Gasteiger partial charge in [0.25, 0.3) is 0 Å². The van der Waals surface area contributed by atoms with Crippen molar-refractivity contribution in [3.8, 4) is 17.0 Å². The van der Waals surface area contributed by atoms with E-state index in [2.05, 4.69) is 30.2 Å². The third-order valence-electron chi connectivity index (χ3n) is 2.94. The maximum atomic E-state index is 5.42. The molecule has 1 aromatic heterocycles. The van der Waals surface area contributed by atoms with Gasteiger partial charge in [0.15, 0.2) is 0 Å². The normalized spacial score (nSPS) is 10.3. The van der Waals surface area contributed by atoms with Crippen molar-refractivity contribution in [2.24, 2.45) is 0 Å². The van der Waals surface area contributed by atoms with Gasteiger partial charge < -0.3 is 10.1 Å². The molecule has 0 radical (unpaired) electrons. The number of aromatic nitrogens is 1. The number of hydrogen-bond donors (Lipinski definition) is 1. The summed E-state index contributed by atoms with van der Waals surface area (Å²) in [6.07, 6.45) is 1.08. The fourth-order valence-electron chi connectivity index (χ4n) is 1.96. The molecule has 0 atom stereocenters. The zero-order valence-corrected chi connectivity index (χ0v) is 11.7. The fraction of sp³-hybridized carbons (Fsp3) is 0.312. The maximum Gasteiger partial charge on any atom is 0.128 e. The van der Waals surface area contributed by atoms with Crippen LogP contribution in [0.2, 0.25) is 0 Å². The molecule has 0 unspecified atom stereocenters. The molecule has 3 nitrogen and oxygen atoms in total. The lowest BCUT2D eigenvalue weighted by Crippen LogP contribution is -2.02. The van der Waals surface area contributed by atoms with Gasteiger partial charge in [-0.3, -0.25) is 0 Å². The van der Waals surface area contributed by atoms with Crippen molar-refractivity contribution in [1.82, 2.24) is 4.98 Å². The van der Waals surface area contributed by atoms with Crippen molar-refractivity contribution in [3.05, 3.63) is 42.0 Å². The van der Waals surface area contributed by atoms with E-state index in [1.54, 1.807) is 7.11 Å². The highest BCUT2D eigenvalue weighted by atomic mass is 16.5. The van der Waals surface area contributed by atoms with Crippen LogP contribution < -0.4 is 10.1 Å². The standard InChI is InChI=1S/C16H20N2O/c1-4-10-17-16-7-5-6-14(18-16)13-11-12(2)8-9-15(13)19-3/h5-9,11H,4,10H2,1-3H3,(H,17,18). The van der Waals surface area contributed by atoms with Crippen molar-refractivity contribution in [2.75, 3.05) is 19.0 Å². The van der Waals surface area contributed by atoms with Gasteiger partial charge in [0.2, 0.25) is 0 Å². The predicted molar refractivity (Wildman–Crippen MR) is 79.7 cm³/mol. The highest BCUT2D eigenvalue weighted by Crippen LogP contribution is 2.30. The molecule has 2 aromatic rings. The van der Waals surface area contributed by atoms with E-state index < -0.39 is 0 Å². The molecule has 0 aliphatic carbocycles. The van der Waals surface area contributed by atoms with E-state index >= 15 is 0 Å². The second-order valence-electron chi connectivity index (χ2n) is 4.54. The SMILES string of the molecule is CCCNc1cccc(-c2cc(C)ccc2OC)n1. The lowest BCUT2D eigenvalue weighted by molar-refractivity contribution is 0.416. The number of rotatable bonds is 5. The Labute approximate surface area is 114 Å². The van der Waals surface area contributed by atoms with E-state index in [9.17, 15) is 0 Å². The molecule has 0 aliphatic rings. The molecule has 0 bridgehead atoms. The molecule has 19 heavy (non-hydrogen) atoms. The Hall–Kier alpha value is -2.03. The third-order valence-corrected chi connectivity index (χ3v) is 2.94. The molecule has 0 saturated heterocycles. The van der Waals surface area contributed by atoms with Gasteiger partial charge in [0, 0.05) is 12.1 Å². The van der Waals surface area contributed by atoms with Crippen molar-refractivity contribution in [3.63, 3.8) is 0 Å². The first-order valence-corrected chi connectivity index (χ1v) is 6.60. The average molecular weight is 256 g/mol. The van der Waals surface area contributed by atoms with Crippen LogP contribution in [0.1, 0.15) is 18.9 Å². The zero-order chi connectivity index (χ0) is 13.7. The molecule has 2 rings (SSSR count). The van der Waals surface area contributed by atoms with Crippen LogP contribution in [0.15, 0.2) is 36.4 Å². The van der Waals surface area contributed by atoms with Crippen LogP contribution in [0.4, 0.5) is 5.82 Å². The Balaban J connectivity index is 2.38. The van der Waals surface area contributed by atoms with E-state index in [0.717, 1.165) is 35.8 Å². The first-order chi connectivity index (χ1) is 9.24. The van der Waals surface area contributed by atoms with Crippen LogP contribution in [0.25, 0.3) is 11.3 Å². The van der Waals surface area contributed by atoms with Gasteiger partial charge in [-0.1, -0.05) is 24.6 Å². The third kappa shape index (κ3) is 3.25. The number of hydrogen-bond acceptors (Lipinski definition) is 3. The van der Waals surface area contributed by atoms with Crippen molar-refractivity contribution in [2.45, 2.75) is 20.3 Å². The van der Waals surface area contributed by atoms with Gasteiger partial charge in [-0.25, -0.2) is 4.98 Å². The molecule has 0 aliphatic heterocycles. The summed E-state index contributed by atoms with van der Waals surface area (Å²) in [7, 11) is 1.69. The summed E-state index contributed by atoms with van der Waals surface area (Å²) in [4.78, 5) is 4.64. The number of anilines is 1. The van der Waals surface area contributed by atoms with Crippen molar-refractivity contribution in [1.29, 1.82) is 0 Å². The first-order valence-electron chi connectivity index (χ1n) is 6.60. The minimum atomic E-state index is 0.853. The number of aryl methyl sites for hydroxylation is 1. The lowest BCUT2D eigenvalue weighted by atomic mass is 10.1. The second-order valence-corrected chi connectivity index (χ2v) is 4.54. The van der Waals surface area contributed by atoms with Gasteiger partial charge >= 0.3 is 0 Å². The Morgan fingerprint density at radius 1 is 1.21 bits per heavy atom. The van der Waals surface area contributed by atoms with E-state index in [0.29, 0.717) is 0 Å². The summed E-state index contributed by atoms with van der Waals surface area (Å²) in [5.74, 6) is 1.76. The maximum absolute atomic E-state index is 5.42. The van der Waals surface area contributed by atoms with Crippen molar-refractivity contribution >= 4 is 5.82 Å². The molecule has 0 amide bonds. The largest absolute Gasteiger partial charge is 0.496 e. The monoisotopic (exact) mass is 256 g/mol. The topological polar surface area (TPSA) is 34.1 Å². The predicted octanol–water partition coefficient (Wildman–Crippen LogP) is 3.89. The average Bonchev–Trinajstić information content (AvgIpc) is 2.45. The smallest absolute Gasteiger partial charge is 0.128 e. The van der Waals surface area contributed by atoms with E-state index in [1.165, 1.54) is 5.56 Å². The Morgan fingerprint density at radius 3 is 2.79 bits per heavy atom. The van der Waals surface area contributed by atoms with E-state index in [4.69, 9.17) is 4.74 Å². The number of pyridine rings is 1. The molecule has 3 heteroatoms. The highest BCUT2D eigenvalue weighted by Gasteiger charge is 2.08. The summed E-state index contributed by atoms with van der Waals surface area (Å²) < 4.78 is 5.42. The summed E-state index contributed by atoms with van der Waals surface area (Å²) in [5.41, 5.74) is 3.16. The van der Waals surface area contributed by atoms with Gasteiger partial charge in [0.05, 0.1) is 12.8 Å². The summed E-state index contributed by atoms with van der Waals surface area (Å²) in [5, 5.41) is 3.30. The number of ether oxygens (including phenoxy) is 1. The number of nitrogens with one attached hydrogen (secondary N) is 1. The van der Waals surface area contributed by atoms with E-state index in [-0.39, 0.29) is 0 Å². The molecule has 1 N–H and O–H groups in total. The van der Waals surface area contributed by atoms with Gasteiger partial charge in [-0.2, -0.15) is 0 Å². The Kier molecular flexibility index (Phi) is 4.39. The lowest BCUT2D eigenvalue weighted by Gasteiger charge is -2.11. The molecule has 1 heterocycles. The fourth-order valence-corrected chi connectivity index (χ4v) is 1.96. The number of methoxy groups -OCH3 is 1. The Bertz CT molecular complexity index is 552. The van der Waals surface area contributed by atoms with Crippen LogP contribution in [-0.4, -0.2) is 18.6 Å². The van der Waals surface area contributed by atoms with Crippen LogP contribution in [0, 0.1) is 6.92 Å². The molecule has 1 aromatic carbocycles. The van der Waals surface area contributed by atoms with Crippen LogP contribution in [0.5, 0.6) is 5.75 Å². The molecular formula is C16H20N2O. The molecule has 0 fully saturated rings. The molecule has 100 valence electrons. The summed E-state index contributed by atoms with van der Waals surface area (Å²) in [6.45, 7) is 5.14. The van der Waals surface area contributed by atoms with Gasteiger partial charge in [-0.05, 0) is 37.6 Å². The van der Waals surface area contributed by atoms with Crippen LogP contribution >= 0.6 is 0 Å². The first kappa shape index (κ1) is 13.4. The van der Waals surface area contributed by atoms with E-state index in [1.807, 2.05) is 30.3 Å². The highest BCUT2D eigenvalue weighted by molar-refractivity contribution is 5.69. The van der Waals surface area contributed by atoms with Crippen LogP contribution in [-0.2, 0) is 0 Å². The Morgan fingerprint density at radius 2 is 2.05 bits per heavy atom. The minimum absolute atomic E-state index is 0.853. The summed E-state index contributed by atoms with van der Waals surface area (Å²) >= 11 is 0. The number of benzene rings is 1. The van der Waals surface area contributed by atoms with Crippen molar-refractivity contribution < 1.29 is 4.74 Å². The second kappa shape index (κ2) is 6.23. The molecule has 0 spiro atoms. The van der Waals surface area contributed by atoms with Gasteiger partial charge in [-0.15, -0.1) is 0 Å². The molecular weight excluding hydrogens is 236 g/mol. The quantitative estimate of drug-likeness (QED) is 0.881. The van der Waals surface area contributed by atoms with Crippen LogP contribution in [0.3, 0.4) is 0 Å². The molecule has 0 saturated carbocycles. The summed E-state index contributed by atoms with van der Waals surface area (Å²) in [6, 6.07) is 12.1. The zero-order valence-electron chi connectivity index (χ0n) is 11.7. The van der Waals surface area contributed by atoms with Gasteiger partial charge in [0.1, 0.15) is 11.6 Å². The minimum Gasteiger partial charge on any atom is -0.496 e. The number of nitrogens with zero attached hydrogens (tertiary/aromatic N) is 1.